The SMILES string of the molecule is C=CCOC(=O)N1CCN(S(=O)(=O)c2cc(C#N)ccc2Oc2cc(Cl)cc(Cl)c2)CC1. The molecule has 1 aliphatic rings. The van der Waals surface area contributed by atoms with Crippen LogP contribution in [0.5, 0.6) is 11.5 Å². The van der Waals surface area contributed by atoms with E-state index >= 15 is 0 Å². The number of nitrogens with zero attached hydrogens (tertiary/aromatic N) is 3. The Kier molecular flexibility index (Phi) is 7.64. The monoisotopic (exact) mass is 495 g/mol. The predicted molar refractivity (Wildman–Crippen MR) is 120 cm³/mol. The van der Waals surface area contributed by atoms with Gasteiger partial charge in [-0.25, -0.2) is 13.2 Å². The second-order valence-corrected chi connectivity index (χ2v) is 9.52. The van der Waals surface area contributed by atoms with E-state index in [1.54, 1.807) is 0 Å². The molecule has 11 heteroatoms. The third-order valence-electron chi connectivity index (χ3n) is 4.58. The summed E-state index contributed by atoms with van der Waals surface area (Å²) in [6.07, 6.45) is 0.922. The van der Waals surface area contributed by atoms with E-state index in [1.165, 1.54) is 51.7 Å². The molecule has 2 aromatic carbocycles. The predicted octanol–water partition coefficient (Wildman–Crippen LogP) is 4.29. The maximum absolute atomic E-state index is 13.4. The van der Waals surface area contributed by atoms with Gasteiger partial charge in [-0.2, -0.15) is 9.57 Å². The fourth-order valence-electron chi connectivity index (χ4n) is 3.05. The van der Waals surface area contributed by atoms with Crippen LogP contribution >= 0.6 is 23.2 Å². The lowest BCUT2D eigenvalue weighted by Gasteiger charge is -2.33. The molecule has 0 aliphatic carbocycles. The van der Waals surface area contributed by atoms with Crippen LogP contribution in [0, 0.1) is 11.3 Å². The van der Waals surface area contributed by atoms with Gasteiger partial charge in [-0.15, -0.1) is 0 Å². The average molecular weight is 496 g/mol. The molecule has 2 aromatic rings. The van der Waals surface area contributed by atoms with Crippen LogP contribution in [0.15, 0.2) is 53.9 Å². The zero-order valence-electron chi connectivity index (χ0n) is 16.8. The molecule has 1 amide bonds. The van der Waals surface area contributed by atoms with Gasteiger partial charge in [0.2, 0.25) is 10.0 Å². The Morgan fingerprint density at radius 2 is 1.78 bits per heavy atom. The van der Waals surface area contributed by atoms with E-state index in [4.69, 9.17) is 32.7 Å². The smallest absolute Gasteiger partial charge is 0.410 e. The van der Waals surface area contributed by atoms with Crippen molar-refractivity contribution < 1.29 is 22.7 Å². The highest BCUT2D eigenvalue weighted by molar-refractivity contribution is 7.89. The van der Waals surface area contributed by atoms with E-state index in [0.29, 0.717) is 10.0 Å². The molecule has 0 atom stereocenters. The topological polar surface area (TPSA) is 99.9 Å². The number of carbonyl (C=O) groups excluding carboxylic acids is 1. The molecule has 0 N–H and O–H groups in total. The van der Waals surface area contributed by atoms with Crippen LogP contribution in [-0.2, 0) is 14.8 Å². The molecule has 1 fully saturated rings. The first-order valence-electron chi connectivity index (χ1n) is 9.45. The molecule has 1 aliphatic heterocycles. The molecule has 0 radical (unpaired) electrons. The summed E-state index contributed by atoms with van der Waals surface area (Å²) in [6, 6.07) is 10.6. The third kappa shape index (κ3) is 5.53. The number of sulfonamides is 1. The lowest BCUT2D eigenvalue weighted by Crippen LogP contribution is -2.50. The van der Waals surface area contributed by atoms with E-state index in [0.717, 1.165) is 0 Å². The van der Waals surface area contributed by atoms with Crippen molar-refractivity contribution in [1.29, 1.82) is 5.26 Å². The van der Waals surface area contributed by atoms with Gasteiger partial charge in [0.1, 0.15) is 23.0 Å². The number of amides is 1. The van der Waals surface area contributed by atoms with Crippen LogP contribution in [-0.4, -0.2) is 56.5 Å². The quantitative estimate of drug-likeness (QED) is 0.554. The second kappa shape index (κ2) is 10.2. The summed E-state index contributed by atoms with van der Waals surface area (Å²) in [6.45, 7) is 4.00. The average Bonchev–Trinajstić information content (AvgIpc) is 2.77. The molecule has 0 saturated carbocycles. The summed E-state index contributed by atoms with van der Waals surface area (Å²) in [5, 5.41) is 9.91. The van der Waals surface area contributed by atoms with Crippen LogP contribution in [0.3, 0.4) is 0 Å². The number of halogens is 2. The molecule has 0 spiro atoms. The van der Waals surface area contributed by atoms with Gasteiger partial charge in [-0.05, 0) is 36.4 Å². The minimum absolute atomic E-state index is 0.0233. The Hall–Kier alpha value is -2.77. The van der Waals surface area contributed by atoms with Crippen molar-refractivity contribution in [3.8, 4) is 17.6 Å². The summed E-state index contributed by atoms with van der Waals surface area (Å²) < 4.78 is 38.8. The first-order chi connectivity index (χ1) is 15.2. The van der Waals surface area contributed by atoms with Gasteiger partial charge in [-0.3, -0.25) is 0 Å². The summed E-state index contributed by atoms with van der Waals surface area (Å²) in [5.74, 6) is 0.272. The van der Waals surface area contributed by atoms with Gasteiger partial charge < -0.3 is 14.4 Å². The van der Waals surface area contributed by atoms with Gasteiger partial charge in [0.05, 0.1) is 11.6 Å². The molecule has 0 aromatic heterocycles. The number of benzene rings is 2. The van der Waals surface area contributed by atoms with Crippen LogP contribution < -0.4 is 4.74 Å². The minimum atomic E-state index is -4.04. The maximum atomic E-state index is 13.4. The van der Waals surface area contributed by atoms with Crippen molar-refractivity contribution in [3.05, 3.63) is 64.7 Å². The van der Waals surface area contributed by atoms with Gasteiger partial charge in [0.15, 0.2) is 0 Å². The normalized spacial score (nSPS) is 14.5. The van der Waals surface area contributed by atoms with Gasteiger partial charge in [0, 0.05) is 36.2 Å². The highest BCUT2D eigenvalue weighted by Gasteiger charge is 2.33. The second-order valence-electron chi connectivity index (χ2n) is 6.74. The molecular weight excluding hydrogens is 477 g/mol. The molecule has 1 saturated heterocycles. The van der Waals surface area contributed by atoms with Gasteiger partial charge in [0.25, 0.3) is 0 Å². The van der Waals surface area contributed by atoms with Crippen LogP contribution in [0.25, 0.3) is 0 Å². The summed E-state index contributed by atoms with van der Waals surface area (Å²) >= 11 is 12.0. The molecule has 3 rings (SSSR count). The minimum Gasteiger partial charge on any atom is -0.456 e. The zero-order valence-corrected chi connectivity index (χ0v) is 19.2. The molecule has 168 valence electrons. The number of nitriles is 1. The molecule has 0 bridgehead atoms. The lowest BCUT2D eigenvalue weighted by molar-refractivity contribution is 0.0978. The van der Waals surface area contributed by atoms with Crippen LogP contribution in [0.4, 0.5) is 4.79 Å². The number of rotatable bonds is 6. The zero-order chi connectivity index (χ0) is 23.3. The standard InChI is InChI=1S/C21H19Cl2N3O5S/c1-2-9-30-21(27)25-5-7-26(8-6-25)32(28,29)20-10-15(14-24)3-4-19(20)31-18-12-16(22)11-17(23)13-18/h2-4,10-13H,1,5-9H2. The molecule has 32 heavy (non-hydrogen) atoms. The summed E-state index contributed by atoms with van der Waals surface area (Å²) in [7, 11) is -4.04. The Bertz CT molecular complexity index is 1150. The first-order valence-corrected chi connectivity index (χ1v) is 11.6. The largest absolute Gasteiger partial charge is 0.456 e. The first kappa shape index (κ1) is 23.9. The Labute approximate surface area is 196 Å². The number of hydrogen-bond acceptors (Lipinski definition) is 6. The van der Waals surface area contributed by atoms with E-state index in [9.17, 15) is 18.5 Å². The summed E-state index contributed by atoms with van der Waals surface area (Å²) in [4.78, 5) is 13.2. The van der Waals surface area contributed by atoms with Crippen molar-refractivity contribution in [2.24, 2.45) is 0 Å². The molecule has 0 unspecified atom stereocenters. The van der Waals surface area contributed by atoms with Crippen molar-refractivity contribution in [3.63, 3.8) is 0 Å². The van der Waals surface area contributed by atoms with Crippen molar-refractivity contribution >= 4 is 39.3 Å². The number of piperazine rings is 1. The van der Waals surface area contributed by atoms with E-state index in [1.807, 2.05) is 6.07 Å². The molecule has 1 heterocycles. The van der Waals surface area contributed by atoms with E-state index in [-0.39, 0.29) is 54.7 Å². The number of ether oxygens (including phenoxy) is 2. The van der Waals surface area contributed by atoms with Crippen molar-refractivity contribution in [2.45, 2.75) is 4.90 Å². The third-order valence-corrected chi connectivity index (χ3v) is 6.93. The molecular formula is C21H19Cl2N3O5S. The Morgan fingerprint density at radius 3 is 2.38 bits per heavy atom. The number of carbonyl (C=O) groups is 1. The highest BCUT2D eigenvalue weighted by Crippen LogP contribution is 2.34. The van der Waals surface area contributed by atoms with Gasteiger partial charge >= 0.3 is 6.09 Å². The van der Waals surface area contributed by atoms with Gasteiger partial charge in [-0.1, -0.05) is 35.9 Å². The molecule has 8 nitrogen and oxygen atoms in total. The fourth-order valence-corrected chi connectivity index (χ4v) is 5.12. The Morgan fingerprint density at radius 1 is 1.12 bits per heavy atom. The van der Waals surface area contributed by atoms with Crippen molar-refractivity contribution in [2.75, 3.05) is 32.8 Å². The van der Waals surface area contributed by atoms with Crippen LogP contribution in [0.1, 0.15) is 5.56 Å². The fraction of sp³-hybridized carbons (Fsp3) is 0.238. The van der Waals surface area contributed by atoms with Crippen molar-refractivity contribution in [1.82, 2.24) is 9.21 Å². The van der Waals surface area contributed by atoms with E-state index in [2.05, 4.69) is 6.58 Å². The highest BCUT2D eigenvalue weighted by atomic mass is 35.5. The van der Waals surface area contributed by atoms with E-state index < -0.39 is 16.1 Å². The summed E-state index contributed by atoms with van der Waals surface area (Å²) in [5.41, 5.74) is 0.159. The lowest BCUT2D eigenvalue weighted by atomic mass is 10.2. The maximum Gasteiger partial charge on any atom is 0.410 e. The van der Waals surface area contributed by atoms with Crippen LogP contribution in [0.2, 0.25) is 10.0 Å². The Balaban J connectivity index is 1.86. The number of hydrogen-bond donors (Lipinski definition) is 0.